The molecule has 1 atom stereocenters. The molecular formula is C12H13ClO. The lowest BCUT2D eigenvalue weighted by molar-refractivity contribution is 0.223. The van der Waals surface area contributed by atoms with Gasteiger partial charge in [0.2, 0.25) is 0 Å². The average molecular weight is 209 g/mol. The maximum Gasteiger partial charge on any atom is 0.0726 e. The molecule has 0 spiro atoms. The van der Waals surface area contributed by atoms with Crippen LogP contribution in [0.2, 0.25) is 5.02 Å². The third kappa shape index (κ3) is 2.37. The molecule has 1 unspecified atom stereocenters. The fourth-order valence-corrected chi connectivity index (χ4v) is 1.91. The van der Waals surface area contributed by atoms with E-state index in [2.05, 4.69) is 0 Å². The zero-order valence-corrected chi connectivity index (χ0v) is 8.67. The van der Waals surface area contributed by atoms with Crippen molar-refractivity contribution < 1.29 is 5.11 Å². The van der Waals surface area contributed by atoms with Gasteiger partial charge in [-0.3, -0.25) is 0 Å². The summed E-state index contributed by atoms with van der Waals surface area (Å²) in [5, 5.41) is 10.1. The molecule has 0 radical (unpaired) electrons. The second kappa shape index (κ2) is 4.16. The summed E-state index contributed by atoms with van der Waals surface area (Å²) in [6, 6.07) is 7.88. The number of hydrogen-bond acceptors (Lipinski definition) is 1. The summed E-state index contributed by atoms with van der Waals surface area (Å²) in [6.07, 6.45) is 4.58. The zero-order chi connectivity index (χ0) is 9.97. The summed E-state index contributed by atoms with van der Waals surface area (Å²) in [5.41, 5.74) is 2.59. The van der Waals surface area contributed by atoms with E-state index in [4.69, 9.17) is 11.6 Å². The highest BCUT2D eigenvalue weighted by molar-refractivity contribution is 6.30. The van der Waals surface area contributed by atoms with E-state index < -0.39 is 0 Å². The van der Waals surface area contributed by atoms with Crippen LogP contribution in [-0.4, -0.2) is 11.2 Å². The number of halogens is 1. The van der Waals surface area contributed by atoms with Crippen molar-refractivity contribution in [3.05, 3.63) is 46.5 Å². The molecule has 1 aliphatic carbocycles. The highest BCUT2D eigenvalue weighted by Crippen LogP contribution is 2.22. The molecule has 0 bridgehead atoms. The van der Waals surface area contributed by atoms with Crippen LogP contribution in [-0.2, 0) is 6.42 Å². The van der Waals surface area contributed by atoms with Crippen LogP contribution in [0.5, 0.6) is 0 Å². The van der Waals surface area contributed by atoms with Crippen LogP contribution < -0.4 is 0 Å². The lowest BCUT2D eigenvalue weighted by Gasteiger charge is -2.01. The number of rotatable bonds is 2. The van der Waals surface area contributed by atoms with Gasteiger partial charge in [-0.15, -0.1) is 0 Å². The topological polar surface area (TPSA) is 20.2 Å². The van der Waals surface area contributed by atoms with E-state index in [1.165, 1.54) is 11.1 Å². The van der Waals surface area contributed by atoms with Gasteiger partial charge >= 0.3 is 0 Å². The molecule has 0 fully saturated rings. The monoisotopic (exact) mass is 208 g/mol. The fraction of sp³-hybridized carbons (Fsp3) is 0.333. The summed E-state index contributed by atoms with van der Waals surface area (Å²) in [5.74, 6) is 0. The predicted octanol–water partition coefficient (Wildman–Crippen LogP) is 2.96. The Bertz CT molecular complexity index is 340. The number of aliphatic hydroxyl groups is 1. The number of allylic oxidation sites excluding steroid dienone is 1. The van der Waals surface area contributed by atoms with Crippen LogP contribution in [0.15, 0.2) is 35.9 Å². The van der Waals surface area contributed by atoms with Crippen molar-refractivity contribution >= 4 is 11.6 Å². The quantitative estimate of drug-likeness (QED) is 0.741. The number of hydrogen-bond donors (Lipinski definition) is 1. The molecule has 0 aliphatic heterocycles. The highest BCUT2D eigenvalue weighted by Gasteiger charge is 2.12. The Morgan fingerprint density at radius 1 is 1.29 bits per heavy atom. The Hall–Kier alpha value is -0.790. The predicted molar refractivity (Wildman–Crippen MR) is 58.5 cm³/mol. The Balaban J connectivity index is 2.04. The molecule has 2 rings (SSSR count). The first kappa shape index (κ1) is 9.75. The van der Waals surface area contributed by atoms with Crippen molar-refractivity contribution in [3.8, 4) is 0 Å². The molecular weight excluding hydrogens is 196 g/mol. The van der Waals surface area contributed by atoms with Gasteiger partial charge in [0.05, 0.1) is 6.10 Å². The van der Waals surface area contributed by atoms with E-state index >= 15 is 0 Å². The van der Waals surface area contributed by atoms with Crippen LogP contribution in [0.25, 0.3) is 0 Å². The molecule has 2 heteroatoms. The highest BCUT2D eigenvalue weighted by atomic mass is 35.5. The van der Waals surface area contributed by atoms with Crippen LogP contribution in [0, 0.1) is 0 Å². The molecule has 1 nitrogen and oxygen atoms in total. The Morgan fingerprint density at radius 2 is 2.00 bits per heavy atom. The van der Waals surface area contributed by atoms with Gasteiger partial charge in [-0.2, -0.15) is 0 Å². The summed E-state index contributed by atoms with van der Waals surface area (Å²) in [6.45, 7) is 0. The standard InChI is InChI=1S/C12H13ClO/c13-11-4-1-9(2-5-11)7-10-3-6-12(14)8-10/h1-2,4-5,8,12,14H,3,6-7H2. The zero-order valence-electron chi connectivity index (χ0n) is 7.91. The van der Waals surface area contributed by atoms with Crippen molar-refractivity contribution in [1.29, 1.82) is 0 Å². The summed E-state index contributed by atoms with van der Waals surface area (Å²) < 4.78 is 0. The summed E-state index contributed by atoms with van der Waals surface area (Å²) in [7, 11) is 0. The minimum atomic E-state index is -0.225. The molecule has 0 saturated carbocycles. The average Bonchev–Trinajstić information content (AvgIpc) is 2.56. The largest absolute Gasteiger partial charge is 0.389 e. The van der Waals surface area contributed by atoms with Crippen LogP contribution in [0.3, 0.4) is 0 Å². The molecule has 1 aromatic carbocycles. The van der Waals surface area contributed by atoms with Crippen molar-refractivity contribution in [2.75, 3.05) is 0 Å². The molecule has 14 heavy (non-hydrogen) atoms. The first-order chi connectivity index (χ1) is 6.74. The van der Waals surface area contributed by atoms with Crippen LogP contribution >= 0.6 is 11.6 Å². The van der Waals surface area contributed by atoms with Gasteiger partial charge in [0.1, 0.15) is 0 Å². The smallest absolute Gasteiger partial charge is 0.0726 e. The molecule has 74 valence electrons. The van der Waals surface area contributed by atoms with Crippen LogP contribution in [0.4, 0.5) is 0 Å². The van der Waals surface area contributed by atoms with Crippen molar-refractivity contribution in [2.24, 2.45) is 0 Å². The normalized spacial score (nSPS) is 21.0. The Morgan fingerprint density at radius 3 is 2.57 bits per heavy atom. The maximum absolute atomic E-state index is 9.32. The molecule has 0 amide bonds. The van der Waals surface area contributed by atoms with E-state index in [1.54, 1.807) is 0 Å². The molecule has 0 aromatic heterocycles. The van der Waals surface area contributed by atoms with Crippen molar-refractivity contribution in [3.63, 3.8) is 0 Å². The lowest BCUT2D eigenvalue weighted by atomic mass is 10.1. The molecule has 0 saturated heterocycles. The molecule has 1 aliphatic rings. The second-order valence-electron chi connectivity index (χ2n) is 3.73. The van der Waals surface area contributed by atoms with E-state index in [0.717, 1.165) is 24.3 Å². The van der Waals surface area contributed by atoms with E-state index in [-0.39, 0.29) is 6.10 Å². The molecule has 0 heterocycles. The van der Waals surface area contributed by atoms with Crippen LogP contribution in [0.1, 0.15) is 18.4 Å². The van der Waals surface area contributed by atoms with E-state index in [1.807, 2.05) is 30.3 Å². The number of aliphatic hydroxyl groups excluding tert-OH is 1. The number of benzene rings is 1. The first-order valence-corrected chi connectivity index (χ1v) is 5.24. The minimum Gasteiger partial charge on any atom is -0.389 e. The summed E-state index contributed by atoms with van der Waals surface area (Å²) >= 11 is 5.80. The third-order valence-corrected chi connectivity index (χ3v) is 2.79. The van der Waals surface area contributed by atoms with Gasteiger partial charge < -0.3 is 5.11 Å². The van der Waals surface area contributed by atoms with Gasteiger partial charge in [-0.25, -0.2) is 0 Å². The second-order valence-corrected chi connectivity index (χ2v) is 4.17. The summed E-state index contributed by atoms with van der Waals surface area (Å²) in [4.78, 5) is 0. The lowest BCUT2D eigenvalue weighted by Crippen LogP contribution is -1.93. The minimum absolute atomic E-state index is 0.225. The van der Waals surface area contributed by atoms with Gasteiger partial charge in [0.15, 0.2) is 0 Å². The third-order valence-electron chi connectivity index (χ3n) is 2.53. The Labute approximate surface area is 89.0 Å². The molecule has 1 aromatic rings. The van der Waals surface area contributed by atoms with Crippen molar-refractivity contribution in [2.45, 2.75) is 25.4 Å². The van der Waals surface area contributed by atoms with Crippen molar-refractivity contribution in [1.82, 2.24) is 0 Å². The van der Waals surface area contributed by atoms with Gasteiger partial charge in [0, 0.05) is 5.02 Å². The van der Waals surface area contributed by atoms with Gasteiger partial charge in [-0.05, 0) is 37.0 Å². The van der Waals surface area contributed by atoms with Gasteiger partial charge in [-0.1, -0.05) is 35.4 Å². The first-order valence-electron chi connectivity index (χ1n) is 4.86. The Kier molecular flexibility index (Phi) is 2.90. The van der Waals surface area contributed by atoms with Gasteiger partial charge in [0.25, 0.3) is 0 Å². The molecule has 1 N–H and O–H groups in total. The SMILES string of the molecule is OC1C=C(Cc2ccc(Cl)cc2)CC1. The fourth-order valence-electron chi connectivity index (χ4n) is 1.78. The van der Waals surface area contributed by atoms with E-state index in [0.29, 0.717) is 0 Å². The van der Waals surface area contributed by atoms with E-state index in [9.17, 15) is 5.11 Å². The maximum atomic E-state index is 9.32.